The van der Waals surface area contributed by atoms with Gasteiger partial charge in [-0.1, -0.05) is 6.07 Å². The Labute approximate surface area is 127 Å². The van der Waals surface area contributed by atoms with Crippen molar-refractivity contribution in [1.82, 2.24) is 21.1 Å². The molecule has 6 nitrogen and oxygen atoms in total. The van der Waals surface area contributed by atoms with Crippen LogP contribution < -0.4 is 16.2 Å². The van der Waals surface area contributed by atoms with Crippen molar-refractivity contribution in [2.45, 2.75) is 18.9 Å². The minimum absolute atomic E-state index is 0.168. The van der Waals surface area contributed by atoms with Gasteiger partial charge >= 0.3 is 0 Å². The molecule has 0 unspecified atom stereocenters. The van der Waals surface area contributed by atoms with Crippen LogP contribution in [0.15, 0.2) is 17.5 Å². The minimum atomic E-state index is -0.268. The third-order valence-corrected chi connectivity index (χ3v) is 4.97. The first-order valence-electron chi connectivity index (χ1n) is 7.31. The Bertz CT molecular complexity index is 491. The van der Waals surface area contributed by atoms with Crippen LogP contribution in [0.1, 0.15) is 22.5 Å². The molecule has 0 radical (unpaired) electrons. The Morgan fingerprint density at radius 2 is 2.29 bits per heavy atom. The molecule has 0 aromatic carbocycles. The summed E-state index contributed by atoms with van der Waals surface area (Å²) in [4.78, 5) is 26.4. The molecule has 3 rings (SSSR count). The summed E-state index contributed by atoms with van der Waals surface area (Å²) in [6.07, 6.45) is 2.46. The first kappa shape index (κ1) is 14.5. The summed E-state index contributed by atoms with van der Waals surface area (Å²) in [5.41, 5.74) is 4.94. The smallest absolute Gasteiger partial charge is 0.279 e. The first-order valence-corrected chi connectivity index (χ1v) is 8.19. The maximum absolute atomic E-state index is 11.9. The fraction of sp³-hybridized carbons (Fsp3) is 0.571. The number of hydrogen-bond donors (Lipinski definition) is 3. The SMILES string of the molecule is O=C(CN1C[C@@H]2CCCN[C@@H]2C1)NNC(=O)c1cccs1. The number of hydrazine groups is 1. The average molecular weight is 308 g/mol. The molecule has 114 valence electrons. The van der Waals surface area contributed by atoms with Crippen molar-refractivity contribution in [3.05, 3.63) is 22.4 Å². The number of thiophene rings is 1. The number of carbonyl (C=O) groups excluding carboxylic acids is 2. The Kier molecular flexibility index (Phi) is 4.52. The van der Waals surface area contributed by atoms with Gasteiger partial charge in [0.25, 0.3) is 11.8 Å². The molecule has 3 N–H and O–H groups in total. The summed E-state index contributed by atoms with van der Waals surface area (Å²) < 4.78 is 0. The molecule has 3 heterocycles. The van der Waals surface area contributed by atoms with Crippen LogP contribution in [0.5, 0.6) is 0 Å². The molecule has 2 amide bonds. The van der Waals surface area contributed by atoms with Crippen LogP contribution in [-0.4, -0.2) is 48.9 Å². The molecule has 7 heteroatoms. The number of likely N-dealkylation sites (tertiary alicyclic amines) is 1. The number of piperidine rings is 1. The lowest BCUT2D eigenvalue weighted by molar-refractivity contribution is -0.122. The van der Waals surface area contributed by atoms with Gasteiger partial charge < -0.3 is 5.32 Å². The average Bonchev–Trinajstić information content (AvgIpc) is 3.13. The second kappa shape index (κ2) is 6.55. The van der Waals surface area contributed by atoms with E-state index in [1.807, 2.05) is 5.38 Å². The van der Waals surface area contributed by atoms with Crippen LogP contribution in [0.3, 0.4) is 0 Å². The predicted octanol–water partition coefficient (Wildman–Crippen LogP) is 0.193. The summed E-state index contributed by atoms with van der Waals surface area (Å²) >= 11 is 1.35. The van der Waals surface area contributed by atoms with E-state index in [-0.39, 0.29) is 11.8 Å². The van der Waals surface area contributed by atoms with Crippen molar-refractivity contribution in [3.63, 3.8) is 0 Å². The molecular weight excluding hydrogens is 288 g/mol. The van der Waals surface area contributed by atoms with Gasteiger partial charge in [0, 0.05) is 19.1 Å². The molecule has 0 aliphatic carbocycles. The Hall–Kier alpha value is -1.44. The molecule has 2 atom stereocenters. The summed E-state index contributed by atoms with van der Waals surface area (Å²) in [7, 11) is 0. The number of amides is 2. The van der Waals surface area contributed by atoms with Crippen molar-refractivity contribution in [3.8, 4) is 0 Å². The monoisotopic (exact) mass is 308 g/mol. The highest BCUT2D eigenvalue weighted by molar-refractivity contribution is 7.12. The van der Waals surface area contributed by atoms with Crippen LogP contribution in [0.2, 0.25) is 0 Å². The number of nitrogens with zero attached hydrogens (tertiary/aromatic N) is 1. The van der Waals surface area contributed by atoms with Gasteiger partial charge in [-0.2, -0.15) is 0 Å². The van der Waals surface area contributed by atoms with Crippen molar-refractivity contribution in [2.24, 2.45) is 5.92 Å². The molecule has 2 aliphatic heterocycles. The Morgan fingerprint density at radius 1 is 1.38 bits per heavy atom. The van der Waals surface area contributed by atoms with Crippen molar-refractivity contribution in [2.75, 3.05) is 26.2 Å². The molecule has 2 saturated heterocycles. The van der Waals surface area contributed by atoms with Crippen LogP contribution >= 0.6 is 11.3 Å². The minimum Gasteiger partial charge on any atom is -0.312 e. The Balaban J connectivity index is 1.41. The van der Waals surface area contributed by atoms with E-state index in [2.05, 4.69) is 21.1 Å². The van der Waals surface area contributed by atoms with Gasteiger partial charge in [-0.3, -0.25) is 25.3 Å². The number of fused-ring (bicyclic) bond motifs is 1. The van der Waals surface area contributed by atoms with E-state index in [4.69, 9.17) is 0 Å². The first-order chi connectivity index (χ1) is 10.2. The van der Waals surface area contributed by atoms with Gasteiger partial charge in [-0.15, -0.1) is 11.3 Å². The van der Waals surface area contributed by atoms with E-state index in [0.29, 0.717) is 23.4 Å². The summed E-state index contributed by atoms with van der Waals surface area (Å²) in [6, 6.07) is 4.05. The number of rotatable bonds is 3. The normalized spacial score (nSPS) is 25.3. The maximum atomic E-state index is 11.9. The number of hydrogen-bond acceptors (Lipinski definition) is 5. The van der Waals surface area contributed by atoms with Crippen LogP contribution in [0.25, 0.3) is 0 Å². The molecule has 2 aliphatic rings. The van der Waals surface area contributed by atoms with Gasteiger partial charge in [0.05, 0.1) is 11.4 Å². The van der Waals surface area contributed by atoms with Crippen molar-refractivity contribution >= 4 is 23.2 Å². The standard InChI is InChI=1S/C14H20N4O2S/c19-13(16-17-14(20)12-4-2-6-21-12)9-18-7-10-3-1-5-15-11(10)8-18/h2,4,6,10-11,15H,1,3,5,7-9H2,(H,16,19)(H,17,20)/t10-,11+/m0/s1. The quantitative estimate of drug-likeness (QED) is 0.697. The Morgan fingerprint density at radius 3 is 3.05 bits per heavy atom. The third-order valence-electron chi connectivity index (χ3n) is 4.10. The highest BCUT2D eigenvalue weighted by Gasteiger charge is 2.34. The lowest BCUT2D eigenvalue weighted by atomic mass is 9.94. The molecule has 1 aromatic rings. The maximum Gasteiger partial charge on any atom is 0.279 e. The lowest BCUT2D eigenvalue weighted by Crippen LogP contribution is -2.46. The zero-order valence-electron chi connectivity index (χ0n) is 11.8. The fourth-order valence-corrected chi connectivity index (χ4v) is 3.72. The van der Waals surface area contributed by atoms with Gasteiger partial charge in [-0.25, -0.2) is 0 Å². The van der Waals surface area contributed by atoms with E-state index in [1.165, 1.54) is 24.2 Å². The molecule has 1 aromatic heterocycles. The second-order valence-corrected chi connectivity index (χ2v) is 6.58. The third kappa shape index (κ3) is 3.61. The van der Waals surface area contributed by atoms with E-state index >= 15 is 0 Å². The molecule has 2 fully saturated rings. The largest absolute Gasteiger partial charge is 0.312 e. The number of nitrogens with one attached hydrogen (secondary N) is 3. The van der Waals surface area contributed by atoms with Crippen molar-refractivity contribution in [1.29, 1.82) is 0 Å². The van der Waals surface area contributed by atoms with Gasteiger partial charge in [-0.05, 0) is 36.8 Å². The molecule has 0 saturated carbocycles. The van der Waals surface area contributed by atoms with E-state index in [9.17, 15) is 9.59 Å². The fourth-order valence-electron chi connectivity index (χ4n) is 3.10. The second-order valence-electron chi connectivity index (χ2n) is 5.64. The topological polar surface area (TPSA) is 73.5 Å². The molecular formula is C14H20N4O2S. The van der Waals surface area contributed by atoms with Crippen LogP contribution in [-0.2, 0) is 4.79 Å². The molecule has 0 bridgehead atoms. The van der Waals surface area contributed by atoms with Gasteiger partial charge in [0.2, 0.25) is 0 Å². The van der Waals surface area contributed by atoms with Gasteiger partial charge in [0.1, 0.15) is 0 Å². The lowest BCUT2D eigenvalue weighted by Gasteiger charge is -2.24. The van der Waals surface area contributed by atoms with E-state index in [1.54, 1.807) is 12.1 Å². The van der Waals surface area contributed by atoms with E-state index < -0.39 is 0 Å². The van der Waals surface area contributed by atoms with Crippen molar-refractivity contribution < 1.29 is 9.59 Å². The molecule has 0 spiro atoms. The highest BCUT2D eigenvalue weighted by Crippen LogP contribution is 2.24. The predicted molar refractivity (Wildman–Crippen MR) is 80.9 cm³/mol. The zero-order chi connectivity index (χ0) is 14.7. The summed E-state index contributed by atoms with van der Waals surface area (Å²) in [6.45, 7) is 3.29. The molecule has 21 heavy (non-hydrogen) atoms. The summed E-state index contributed by atoms with van der Waals surface area (Å²) in [5, 5.41) is 5.34. The number of carbonyl (C=O) groups is 2. The summed E-state index contributed by atoms with van der Waals surface area (Å²) in [5.74, 6) is 0.223. The zero-order valence-corrected chi connectivity index (χ0v) is 12.6. The highest BCUT2D eigenvalue weighted by atomic mass is 32.1. The van der Waals surface area contributed by atoms with Gasteiger partial charge in [0.15, 0.2) is 0 Å². The van der Waals surface area contributed by atoms with E-state index in [0.717, 1.165) is 19.6 Å². The van der Waals surface area contributed by atoms with Crippen LogP contribution in [0, 0.1) is 5.92 Å². The van der Waals surface area contributed by atoms with Crippen LogP contribution in [0.4, 0.5) is 0 Å².